The number of nitrogens with two attached hydrogens (primary N) is 1. The first-order valence-corrected chi connectivity index (χ1v) is 6.67. The zero-order valence-electron chi connectivity index (χ0n) is 12.5. The van der Waals surface area contributed by atoms with Crippen molar-refractivity contribution in [3.05, 3.63) is 29.8 Å². The van der Waals surface area contributed by atoms with Gasteiger partial charge in [0.15, 0.2) is 0 Å². The van der Waals surface area contributed by atoms with Crippen molar-refractivity contribution in [2.45, 2.75) is 39.8 Å². The zero-order chi connectivity index (χ0) is 15.3. The van der Waals surface area contributed by atoms with Crippen LogP contribution in [-0.4, -0.2) is 17.4 Å². The van der Waals surface area contributed by atoms with Crippen LogP contribution in [0.5, 0.6) is 0 Å². The van der Waals surface area contributed by atoms with Crippen molar-refractivity contribution in [1.82, 2.24) is 5.32 Å². The van der Waals surface area contributed by atoms with Gasteiger partial charge in [0, 0.05) is 18.2 Å². The van der Waals surface area contributed by atoms with Gasteiger partial charge in [-0.25, -0.2) is 0 Å². The maximum absolute atomic E-state index is 11.6. The summed E-state index contributed by atoms with van der Waals surface area (Å²) in [5.74, 6) is -0.272. The molecule has 0 spiro atoms. The number of hydrogen-bond donors (Lipinski definition) is 3. The Morgan fingerprint density at radius 2 is 1.75 bits per heavy atom. The topological polar surface area (TPSA) is 84.2 Å². The van der Waals surface area contributed by atoms with Gasteiger partial charge in [-0.05, 0) is 31.5 Å². The van der Waals surface area contributed by atoms with E-state index in [0.717, 1.165) is 11.3 Å². The van der Waals surface area contributed by atoms with Crippen LogP contribution in [0.25, 0.3) is 0 Å². The molecular weight excluding hydrogens is 254 g/mol. The minimum absolute atomic E-state index is 0.0177. The van der Waals surface area contributed by atoms with Crippen LogP contribution >= 0.6 is 0 Å². The highest BCUT2D eigenvalue weighted by Gasteiger charge is 2.20. The minimum Gasteiger partial charge on any atom is -0.350 e. The van der Waals surface area contributed by atoms with Crippen molar-refractivity contribution in [2.75, 3.05) is 5.32 Å². The Bertz CT molecular complexity index is 473. The second kappa shape index (κ2) is 6.52. The highest BCUT2D eigenvalue weighted by Crippen LogP contribution is 2.11. The molecular formula is C15H23N3O2. The van der Waals surface area contributed by atoms with Crippen molar-refractivity contribution in [3.63, 3.8) is 0 Å². The van der Waals surface area contributed by atoms with E-state index >= 15 is 0 Å². The second-order valence-corrected chi connectivity index (χ2v) is 5.75. The van der Waals surface area contributed by atoms with Crippen LogP contribution in [0.1, 0.15) is 33.3 Å². The first-order chi connectivity index (χ1) is 9.20. The Kier molecular flexibility index (Phi) is 5.27. The number of benzene rings is 1. The average molecular weight is 277 g/mol. The fourth-order valence-electron chi connectivity index (χ4n) is 1.40. The minimum atomic E-state index is -0.884. The molecule has 1 aromatic rings. The van der Waals surface area contributed by atoms with E-state index in [1.807, 2.05) is 38.1 Å². The van der Waals surface area contributed by atoms with Crippen LogP contribution in [0.4, 0.5) is 5.69 Å². The van der Waals surface area contributed by atoms with Crippen molar-refractivity contribution >= 4 is 17.5 Å². The van der Waals surface area contributed by atoms with Crippen molar-refractivity contribution in [2.24, 2.45) is 11.7 Å². The lowest BCUT2D eigenvalue weighted by molar-refractivity contribution is -0.125. The van der Waals surface area contributed by atoms with Crippen LogP contribution < -0.4 is 16.4 Å². The summed E-state index contributed by atoms with van der Waals surface area (Å²) in [4.78, 5) is 23.2. The number of nitrogens with one attached hydrogen (secondary N) is 2. The molecule has 0 saturated heterocycles. The van der Waals surface area contributed by atoms with Crippen molar-refractivity contribution < 1.29 is 9.59 Å². The molecule has 110 valence electrons. The van der Waals surface area contributed by atoms with Crippen molar-refractivity contribution in [3.8, 4) is 0 Å². The van der Waals surface area contributed by atoms with Gasteiger partial charge in [-0.2, -0.15) is 0 Å². The number of carbonyl (C=O) groups is 2. The SMILES string of the molecule is CC(C)C(=O)Nc1ccc(CNC(=O)C(C)(C)N)cc1. The highest BCUT2D eigenvalue weighted by atomic mass is 16.2. The van der Waals surface area contributed by atoms with Crippen LogP contribution in [0.3, 0.4) is 0 Å². The largest absolute Gasteiger partial charge is 0.350 e. The lowest BCUT2D eigenvalue weighted by atomic mass is 10.1. The quantitative estimate of drug-likeness (QED) is 0.765. The molecule has 0 aliphatic carbocycles. The molecule has 2 amide bonds. The third-order valence-corrected chi connectivity index (χ3v) is 2.78. The zero-order valence-corrected chi connectivity index (χ0v) is 12.5. The van der Waals surface area contributed by atoms with Gasteiger partial charge in [0.25, 0.3) is 0 Å². The lowest BCUT2D eigenvalue weighted by Gasteiger charge is -2.17. The smallest absolute Gasteiger partial charge is 0.239 e. The molecule has 0 aliphatic rings. The fraction of sp³-hybridized carbons (Fsp3) is 0.467. The number of rotatable bonds is 5. The number of hydrogen-bond acceptors (Lipinski definition) is 3. The molecule has 0 aliphatic heterocycles. The first-order valence-electron chi connectivity index (χ1n) is 6.67. The lowest BCUT2D eigenvalue weighted by Crippen LogP contribution is -2.48. The summed E-state index contributed by atoms with van der Waals surface area (Å²) in [6, 6.07) is 7.35. The maximum atomic E-state index is 11.6. The summed E-state index contributed by atoms with van der Waals surface area (Å²) >= 11 is 0. The molecule has 0 unspecified atom stereocenters. The van der Waals surface area contributed by atoms with Crippen LogP contribution in [-0.2, 0) is 16.1 Å². The average Bonchev–Trinajstić information content (AvgIpc) is 2.36. The van der Waals surface area contributed by atoms with E-state index < -0.39 is 5.54 Å². The molecule has 0 atom stereocenters. The second-order valence-electron chi connectivity index (χ2n) is 5.75. The highest BCUT2D eigenvalue weighted by molar-refractivity contribution is 5.92. The van der Waals surface area contributed by atoms with E-state index in [1.165, 1.54) is 0 Å². The molecule has 0 saturated carbocycles. The summed E-state index contributed by atoms with van der Waals surface area (Å²) in [7, 11) is 0. The van der Waals surface area contributed by atoms with E-state index in [0.29, 0.717) is 6.54 Å². The van der Waals surface area contributed by atoms with Gasteiger partial charge in [0.05, 0.1) is 5.54 Å². The molecule has 0 heterocycles. The summed E-state index contributed by atoms with van der Waals surface area (Å²) in [6.07, 6.45) is 0. The van der Waals surface area contributed by atoms with Gasteiger partial charge in [-0.1, -0.05) is 26.0 Å². The summed E-state index contributed by atoms with van der Waals surface area (Å²) < 4.78 is 0. The van der Waals surface area contributed by atoms with Gasteiger partial charge in [-0.3, -0.25) is 9.59 Å². The first kappa shape index (κ1) is 16.2. The predicted octanol–water partition coefficient (Wildman–Crippen LogP) is 1.63. The molecule has 20 heavy (non-hydrogen) atoms. The molecule has 0 aromatic heterocycles. The van der Waals surface area contributed by atoms with E-state index in [1.54, 1.807) is 13.8 Å². The third kappa shape index (κ3) is 5.01. The summed E-state index contributed by atoms with van der Waals surface area (Å²) in [6.45, 7) is 7.42. The molecule has 4 N–H and O–H groups in total. The van der Waals surface area contributed by atoms with Crippen LogP contribution in [0, 0.1) is 5.92 Å². The Hall–Kier alpha value is -1.88. The van der Waals surface area contributed by atoms with Gasteiger partial charge >= 0.3 is 0 Å². The van der Waals surface area contributed by atoms with Gasteiger partial charge in [-0.15, -0.1) is 0 Å². The molecule has 0 bridgehead atoms. The number of amides is 2. The van der Waals surface area contributed by atoms with Gasteiger partial charge in [0.1, 0.15) is 0 Å². The number of carbonyl (C=O) groups excluding carboxylic acids is 2. The normalized spacial score (nSPS) is 11.3. The Morgan fingerprint density at radius 1 is 1.20 bits per heavy atom. The predicted molar refractivity (Wildman–Crippen MR) is 80.0 cm³/mol. The molecule has 5 heteroatoms. The van der Waals surface area contributed by atoms with E-state index in [2.05, 4.69) is 10.6 Å². The van der Waals surface area contributed by atoms with Crippen LogP contribution in [0.15, 0.2) is 24.3 Å². The maximum Gasteiger partial charge on any atom is 0.239 e. The number of anilines is 1. The van der Waals surface area contributed by atoms with Gasteiger partial charge in [0.2, 0.25) is 11.8 Å². The monoisotopic (exact) mass is 277 g/mol. The van der Waals surface area contributed by atoms with E-state index in [-0.39, 0.29) is 17.7 Å². The molecule has 1 rings (SSSR count). The Balaban J connectivity index is 2.55. The molecule has 0 radical (unpaired) electrons. The summed E-state index contributed by atoms with van der Waals surface area (Å²) in [5, 5.41) is 5.58. The van der Waals surface area contributed by atoms with Crippen molar-refractivity contribution in [1.29, 1.82) is 0 Å². The van der Waals surface area contributed by atoms with Gasteiger partial charge < -0.3 is 16.4 Å². The third-order valence-electron chi connectivity index (χ3n) is 2.78. The van der Waals surface area contributed by atoms with Crippen LogP contribution in [0.2, 0.25) is 0 Å². The molecule has 1 aromatic carbocycles. The standard InChI is InChI=1S/C15H23N3O2/c1-10(2)13(19)18-12-7-5-11(6-8-12)9-17-14(20)15(3,4)16/h5-8,10H,9,16H2,1-4H3,(H,17,20)(H,18,19). The fourth-order valence-corrected chi connectivity index (χ4v) is 1.40. The Labute approximate surface area is 119 Å². The Morgan fingerprint density at radius 3 is 2.20 bits per heavy atom. The summed E-state index contributed by atoms with van der Waals surface area (Å²) in [5.41, 5.74) is 6.50. The molecule has 5 nitrogen and oxygen atoms in total. The van der Waals surface area contributed by atoms with E-state index in [9.17, 15) is 9.59 Å². The molecule has 0 fully saturated rings. The van der Waals surface area contributed by atoms with E-state index in [4.69, 9.17) is 5.73 Å².